The van der Waals surface area contributed by atoms with Crippen molar-refractivity contribution in [3.05, 3.63) is 0 Å². The summed E-state index contributed by atoms with van der Waals surface area (Å²) in [6.07, 6.45) is -2.33. The van der Waals surface area contributed by atoms with Gasteiger partial charge in [0.15, 0.2) is 12.2 Å². The van der Waals surface area contributed by atoms with Crippen LogP contribution in [-0.4, -0.2) is 124 Å². The first-order chi connectivity index (χ1) is 26.2. The molecule has 2 rings (SSSR count). The van der Waals surface area contributed by atoms with Crippen LogP contribution in [0.1, 0.15) is 68.2 Å². The van der Waals surface area contributed by atoms with Crippen LogP contribution in [-0.2, 0) is 65.5 Å². The monoisotopic (exact) mass is 876 g/mol. The molecule has 24 heteroatoms. The lowest BCUT2D eigenvalue weighted by Crippen LogP contribution is -2.51. The summed E-state index contributed by atoms with van der Waals surface area (Å²) >= 11 is 0. The molecule has 56 heavy (non-hydrogen) atoms. The number of hydrogen-bond donors (Lipinski definition) is 6. The molecule has 0 aromatic rings. The lowest BCUT2D eigenvalue weighted by Gasteiger charge is -2.40. The molecular weight excluding hydrogens is 818 g/mol. The molecule has 0 radical (unpaired) electrons. The Balaban J connectivity index is 1.59. The van der Waals surface area contributed by atoms with E-state index < -0.39 is 74.4 Å². The van der Waals surface area contributed by atoms with Crippen LogP contribution in [0, 0.1) is 10.8 Å². The molecule has 6 N–H and O–H groups in total. The van der Waals surface area contributed by atoms with Crippen molar-refractivity contribution in [1.82, 2.24) is 31.4 Å². The van der Waals surface area contributed by atoms with E-state index in [2.05, 4.69) is 31.4 Å². The Kier molecular flexibility index (Phi) is 20.8. The fourth-order valence-corrected chi connectivity index (χ4v) is 10.6. The number of amides is 4. The predicted molar refractivity (Wildman–Crippen MR) is 209 cm³/mol. The lowest BCUT2D eigenvalue weighted by molar-refractivity contribution is -0.146. The van der Waals surface area contributed by atoms with Crippen LogP contribution in [0.15, 0.2) is 0 Å². The first-order valence-electron chi connectivity index (χ1n) is 18.3. The summed E-state index contributed by atoms with van der Waals surface area (Å²) in [7, 11) is -5.00. The van der Waals surface area contributed by atoms with E-state index in [1.165, 1.54) is 35.4 Å². The summed E-state index contributed by atoms with van der Waals surface area (Å²) < 4.78 is 57.9. The van der Waals surface area contributed by atoms with E-state index in [1.54, 1.807) is 41.5 Å². The second-order valence-corrected chi connectivity index (χ2v) is 20.3. The van der Waals surface area contributed by atoms with Crippen molar-refractivity contribution in [1.29, 1.82) is 0 Å². The number of esters is 2. The minimum Gasteiger partial charge on any atom is -0.465 e. The molecule has 0 saturated carbocycles. The van der Waals surface area contributed by atoms with E-state index in [-0.39, 0.29) is 64.2 Å². The van der Waals surface area contributed by atoms with E-state index in [0.717, 1.165) is 0 Å². The molecule has 2 fully saturated rings. The van der Waals surface area contributed by atoms with E-state index in [9.17, 15) is 37.9 Å². The van der Waals surface area contributed by atoms with Gasteiger partial charge in [0.05, 0.1) is 26.4 Å². The van der Waals surface area contributed by atoms with Crippen molar-refractivity contribution in [2.75, 3.05) is 64.1 Å². The van der Waals surface area contributed by atoms with Gasteiger partial charge in [0.2, 0.25) is 23.6 Å². The third-order valence-corrected chi connectivity index (χ3v) is 13.7. The van der Waals surface area contributed by atoms with Crippen LogP contribution in [0.4, 0.5) is 0 Å². The quantitative estimate of drug-likeness (QED) is 0.0370. The molecule has 322 valence electrons. The van der Waals surface area contributed by atoms with Crippen LogP contribution in [0.3, 0.4) is 0 Å². The molecule has 20 nitrogen and oxygen atoms in total. The molecule has 0 bridgehead atoms. The third kappa shape index (κ3) is 16.9. The zero-order valence-electron chi connectivity index (χ0n) is 33.2. The van der Waals surface area contributed by atoms with Gasteiger partial charge < -0.3 is 30.7 Å². The minimum atomic E-state index is -4.00. The van der Waals surface area contributed by atoms with Crippen LogP contribution in [0.25, 0.3) is 0 Å². The number of ether oxygens (including phenoxy) is 2. The summed E-state index contributed by atoms with van der Waals surface area (Å²) in [4.78, 5) is 74.3. The Bertz CT molecular complexity index is 1370. The number of carbonyl (C=O) groups excluding carboxylic acids is 6. The number of nitrogens with one attached hydrogen (secondary N) is 6. The van der Waals surface area contributed by atoms with Gasteiger partial charge in [-0.3, -0.25) is 46.9 Å². The smallest absolute Gasteiger partial charge is 0.407 e. The van der Waals surface area contributed by atoms with Crippen LogP contribution in [0.2, 0.25) is 0 Å². The molecule has 4 amide bonds. The molecule has 2 unspecified atom stereocenters. The summed E-state index contributed by atoms with van der Waals surface area (Å²) in [6, 6.07) is -1.99. The highest BCUT2D eigenvalue weighted by atomic mass is 33.1. The zero-order valence-corrected chi connectivity index (χ0v) is 36.6. The van der Waals surface area contributed by atoms with Crippen molar-refractivity contribution < 1.29 is 65.5 Å². The maximum atomic E-state index is 13.1. The SMILES string of the molecule is CCOC(=O)[C@H](C)NP1(=O)OCC(C)(C)[C@H](C(=O)NCCC(=O)NCCSSCCNC(=O)CCNC(=O)[C@@H]2OP(=O)(N[C@@H](C)C(=O)OCC)OCC2(C)C)O1. The highest BCUT2D eigenvalue weighted by Crippen LogP contribution is 2.54. The Hall–Kier alpha value is -2.26. The van der Waals surface area contributed by atoms with Crippen LogP contribution < -0.4 is 31.4 Å². The summed E-state index contributed by atoms with van der Waals surface area (Å²) in [6.45, 7) is 13.9. The van der Waals surface area contributed by atoms with Crippen molar-refractivity contribution in [2.24, 2.45) is 10.8 Å². The van der Waals surface area contributed by atoms with E-state index in [0.29, 0.717) is 24.6 Å². The molecular formula is C32H58N6O14P2S2. The largest absolute Gasteiger partial charge is 0.465 e. The van der Waals surface area contributed by atoms with Gasteiger partial charge in [0.1, 0.15) is 12.1 Å². The van der Waals surface area contributed by atoms with Crippen molar-refractivity contribution in [3.8, 4) is 0 Å². The highest BCUT2D eigenvalue weighted by molar-refractivity contribution is 8.76. The molecule has 0 aromatic heterocycles. The van der Waals surface area contributed by atoms with Gasteiger partial charge in [-0.2, -0.15) is 0 Å². The van der Waals surface area contributed by atoms with Crippen LogP contribution >= 0.6 is 37.1 Å². The summed E-state index contributed by atoms with van der Waals surface area (Å²) in [5, 5.41) is 15.8. The zero-order chi connectivity index (χ0) is 42.2. The van der Waals surface area contributed by atoms with Gasteiger partial charge in [-0.25, -0.2) is 19.3 Å². The third-order valence-electron chi connectivity index (χ3n) is 7.98. The topological polar surface area (TPSA) is 264 Å². The molecule has 0 spiro atoms. The molecule has 2 aliphatic heterocycles. The van der Waals surface area contributed by atoms with Crippen molar-refractivity contribution in [2.45, 2.75) is 92.5 Å². The average molecular weight is 877 g/mol. The Morgan fingerprint density at radius 1 is 0.643 bits per heavy atom. The van der Waals surface area contributed by atoms with Gasteiger partial charge in [0.25, 0.3) is 0 Å². The second kappa shape index (κ2) is 23.4. The van der Waals surface area contributed by atoms with E-state index >= 15 is 0 Å². The molecule has 2 aliphatic rings. The van der Waals surface area contributed by atoms with Crippen molar-refractivity contribution in [3.63, 3.8) is 0 Å². The second-order valence-electron chi connectivity index (χ2n) is 14.1. The molecule has 0 aromatic carbocycles. The maximum Gasteiger partial charge on any atom is 0.407 e. The predicted octanol–water partition coefficient (Wildman–Crippen LogP) is 1.79. The Labute approximate surface area is 336 Å². The number of hydrogen-bond acceptors (Lipinski definition) is 16. The summed E-state index contributed by atoms with van der Waals surface area (Å²) in [5.41, 5.74) is -1.68. The first kappa shape index (κ1) is 49.9. The van der Waals surface area contributed by atoms with Gasteiger partial charge >= 0.3 is 27.4 Å². The summed E-state index contributed by atoms with van der Waals surface area (Å²) in [5.74, 6) is -1.80. The lowest BCUT2D eigenvalue weighted by atomic mass is 9.87. The average Bonchev–Trinajstić information content (AvgIpc) is 3.11. The van der Waals surface area contributed by atoms with Crippen LogP contribution in [0.5, 0.6) is 0 Å². The standard InChI is InChI=1S/C32H58N6O14P2S2/c1-9-47-29(43)21(3)37-53(45)49-19-31(5,6)25(51-53)27(41)35-13-11-23(39)33-15-17-55-56-18-16-34-24(40)12-14-36-28(42)26-32(7,8)20-50-54(46,52-26)38-22(4)30(44)48-10-2/h21-22,25-26H,9-20H2,1-8H3,(H,33,39)(H,34,40)(H,35,41)(H,36,42)(H,37,45)(H,38,46)/t21-,22-,25-,26-,53?,54?/m0/s1. The molecule has 2 heterocycles. The van der Waals surface area contributed by atoms with Gasteiger partial charge in [-0.1, -0.05) is 49.3 Å². The van der Waals surface area contributed by atoms with E-state index in [1.807, 2.05) is 0 Å². The van der Waals surface area contributed by atoms with Gasteiger partial charge in [-0.05, 0) is 27.7 Å². The normalized spacial score (nSPS) is 25.1. The molecule has 2 saturated heterocycles. The Morgan fingerprint density at radius 3 is 1.34 bits per heavy atom. The minimum absolute atomic E-state index is 0.00373. The number of rotatable bonds is 23. The van der Waals surface area contributed by atoms with Gasteiger partial charge in [-0.15, -0.1) is 0 Å². The molecule has 6 atom stereocenters. The molecule has 0 aliphatic carbocycles. The van der Waals surface area contributed by atoms with Crippen molar-refractivity contribution >= 4 is 72.6 Å². The number of carbonyl (C=O) groups is 6. The first-order valence-corrected chi connectivity index (χ1v) is 23.8. The Morgan fingerprint density at radius 2 is 1.00 bits per heavy atom. The fraction of sp³-hybridized carbons (Fsp3) is 0.812. The maximum absolute atomic E-state index is 13.1. The fourth-order valence-electron chi connectivity index (χ4n) is 4.88. The highest BCUT2D eigenvalue weighted by Gasteiger charge is 2.50. The van der Waals surface area contributed by atoms with E-state index in [4.69, 9.17) is 27.6 Å². The van der Waals surface area contributed by atoms with Gasteiger partial charge in [0, 0.05) is 61.4 Å².